The zero-order valence-corrected chi connectivity index (χ0v) is 12.0. The molecule has 1 aromatic carbocycles. The van der Waals surface area contributed by atoms with Crippen LogP contribution in [0.4, 0.5) is 0 Å². The van der Waals surface area contributed by atoms with E-state index in [1.807, 2.05) is 12.1 Å². The van der Waals surface area contributed by atoms with Gasteiger partial charge in [-0.25, -0.2) is 0 Å². The van der Waals surface area contributed by atoms with Gasteiger partial charge < -0.3 is 19.7 Å². The number of nitrogens with zero attached hydrogens (tertiary/aromatic N) is 1. The molecule has 4 bridgehead atoms. The van der Waals surface area contributed by atoms with Gasteiger partial charge in [-0.05, 0) is 24.5 Å². The minimum Gasteiger partial charge on any atom is -0.504 e. The average Bonchev–Trinajstić information content (AvgIpc) is 2.97. The quantitative estimate of drug-likeness (QED) is 0.690. The Hall–Kier alpha value is -1.56. The summed E-state index contributed by atoms with van der Waals surface area (Å²) in [5, 5.41) is 20.8. The van der Waals surface area contributed by atoms with Gasteiger partial charge in [-0.1, -0.05) is 18.2 Å². The van der Waals surface area contributed by atoms with Crippen LogP contribution in [0.3, 0.4) is 0 Å². The molecule has 2 saturated heterocycles. The average molecular weight is 299 g/mol. The van der Waals surface area contributed by atoms with Crippen molar-refractivity contribution >= 4 is 0 Å². The molecule has 22 heavy (non-hydrogen) atoms. The molecule has 2 N–H and O–H groups in total. The normalized spacial score (nSPS) is 49.0. The van der Waals surface area contributed by atoms with E-state index in [0.717, 1.165) is 24.9 Å². The molecule has 2 unspecified atom stereocenters. The maximum atomic E-state index is 10.5. The lowest BCUT2D eigenvalue weighted by atomic mass is 9.51. The van der Waals surface area contributed by atoms with Gasteiger partial charge in [0.1, 0.15) is 24.5 Å². The van der Waals surface area contributed by atoms with Crippen molar-refractivity contribution in [2.75, 3.05) is 13.3 Å². The number of aliphatic hydroxyl groups is 1. The summed E-state index contributed by atoms with van der Waals surface area (Å²) in [4.78, 5) is 2.40. The summed E-state index contributed by atoms with van der Waals surface area (Å²) < 4.78 is 12.5. The second kappa shape index (κ2) is 3.35. The summed E-state index contributed by atoms with van der Waals surface area (Å²) in [5.41, 5.74) is 1.51. The second-order valence-corrected chi connectivity index (χ2v) is 7.16. The van der Waals surface area contributed by atoms with Crippen molar-refractivity contribution in [2.45, 2.75) is 42.1 Å². The Morgan fingerprint density at radius 3 is 3.14 bits per heavy atom. The van der Waals surface area contributed by atoms with Crippen LogP contribution < -0.4 is 4.74 Å². The minimum absolute atomic E-state index is 0.170. The van der Waals surface area contributed by atoms with Gasteiger partial charge in [-0.15, -0.1) is 0 Å². The fraction of sp³-hybridized carbons (Fsp3) is 0.529. The largest absolute Gasteiger partial charge is 0.504 e. The molecular formula is C17H17NO4. The van der Waals surface area contributed by atoms with E-state index in [4.69, 9.17) is 9.47 Å². The predicted octanol–water partition coefficient (Wildman–Crippen LogP) is 0.679. The number of ether oxygens (including phenoxy) is 2. The third kappa shape index (κ3) is 0.960. The molecular weight excluding hydrogens is 282 g/mol. The molecule has 2 aliphatic carbocycles. The van der Waals surface area contributed by atoms with Crippen molar-refractivity contribution in [3.8, 4) is 11.5 Å². The lowest BCUT2D eigenvalue weighted by Gasteiger charge is -2.58. The van der Waals surface area contributed by atoms with Crippen LogP contribution >= 0.6 is 0 Å². The summed E-state index contributed by atoms with van der Waals surface area (Å²) >= 11 is 0. The van der Waals surface area contributed by atoms with Crippen LogP contribution in [0.15, 0.2) is 24.3 Å². The monoisotopic (exact) mass is 299 g/mol. The summed E-state index contributed by atoms with van der Waals surface area (Å²) in [7, 11) is 0. The van der Waals surface area contributed by atoms with E-state index in [0.29, 0.717) is 18.5 Å². The second-order valence-electron chi connectivity index (χ2n) is 7.16. The van der Waals surface area contributed by atoms with Crippen LogP contribution in [0.25, 0.3) is 0 Å². The van der Waals surface area contributed by atoms with Crippen LogP contribution in [0.5, 0.6) is 11.5 Å². The fourth-order valence-corrected chi connectivity index (χ4v) is 5.76. The van der Waals surface area contributed by atoms with Crippen molar-refractivity contribution in [1.29, 1.82) is 0 Å². The Balaban J connectivity index is 1.76. The lowest BCUT2D eigenvalue weighted by Crippen LogP contribution is -2.72. The minimum atomic E-state index is -0.667. The molecule has 5 heteroatoms. The smallest absolute Gasteiger partial charge is 0.165 e. The molecule has 0 radical (unpaired) electrons. The summed E-state index contributed by atoms with van der Waals surface area (Å²) in [5.74, 6) is 0.732. The Morgan fingerprint density at radius 2 is 2.23 bits per heavy atom. The molecule has 2 fully saturated rings. The molecule has 1 aromatic rings. The summed E-state index contributed by atoms with van der Waals surface area (Å²) in [6, 6.07) is 4.02. The molecule has 0 amide bonds. The van der Waals surface area contributed by atoms with Gasteiger partial charge >= 0.3 is 0 Å². The lowest BCUT2D eigenvalue weighted by molar-refractivity contribution is -0.108. The summed E-state index contributed by atoms with van der Waals surface area (Å²) in [6.45, 7) is 1.58. The van der Waals surface area contributed by atoms with Crippen LogP contribution in [-0.4, -0.2) is 52.2 Å². The van der Waals surface area contributed by atoms with E-state index >= 15 is 0 Å². The molecule has 5 nitrogen and oxygen atoms in total. The van der Waals surface area contributed by atoms with Gasteiger partial charge in [0, 0.05) is 18.2 Å². The highest BCUT2D eigenvalue weighted by molar-refractivity contribution is 5.64. The molecule has 6 rings (SSSR count). The van der Waals surface area contributed by atoms with Gasteiger partial charge in [-0.3, -0.25) is 4.90 Å². The summed E-state index contributed by atoms with van der Waals surface area (Å²) in [6.07, 6.45) is 4.64. The van der Waals surface area contributed by atoms with Crippen molar-refractivity contribution < 1.29 is 19.7 Å². The van der Waals surface area contributed by atoms with E-state index in [-0.39, 0.29) is 17.3 Å². The third-order valence-corrected chi connectivity index (χ3v) is 6.56. The van der Waals surface area contributed by atoms with E-state index in [2.05, 4.69) is 11.0 Å². The van der Waals surface area contributed by atoms with E-state index in [1.54, 1.807) is 6.07 Å². The Morgan fingerprint density at radius 1 is 1.32 bits per heavy atom. The topological polar surface area (TPSA) is 62.2 Å². The first-order valence-corrected chi connectivity index (χ1v) is 7.95. The highest BCUT2D eigenvalue weighted by atomic mass is 16.5. The SMILES string of the molecule is Oc1ccc2c3c1O[C@H]1C(O)C=C[C@]45OCN(CC[C@]314)[C@@H]5C2. The molecule has 3 aliphatic heterocycles. The number of benzene rings is 1. The Labute approximate surface area is 127 Å². The van der Waals surface area contributed by atoms with E-state index in [9.17, 15) is 10.2 Å². The number of phenols is 1. The zero-order valence-electron chi connectivity index (χ0n) is 12.0. The highest BCUT2D eigenvalue weighted by Gasteiger charge is 2.74. The Bertz CT molecular complexity index is 746. The van der Waals surface area contributed by atoms with Gasteiger partial charge in [-0.2, -0.15) is 0 Å². The number of aliphatic hydroxyl groups excluding tert-OH is 1. The molecule has 2 spiro atoms. The van der Waals surface area contributed by atoms with Gasteiger partial charge in [0.2, 0.25) is 0 Å². The first-order valence-electron chi connectivity index (χ1n) is 7.95. The predicted molar refractivity (Wildman–Crippen MR) is 76.8 cm³/mol. The third-order valence-electron chi connectivity index (χ3n) is 6.56. The number of aromatic hydroxyl groups is 1. The van der Waals surface area contributed by atoms with Gasteiger partial charge in [0.05, 0.1) is 5.41 Å². The first-order chi connectivity index (χ1) is 10.7. The van der Waals surface area contributed by atoms with Gasteiger partial charge in [0.25, 0.3) is 0 Å². The molecule has 0 saturated carbocycles. The Kier molecular flexibility index (Phi) is 1.82. The number of piperidine rings is 1. The number of phenolic OH excluding ortho intramolecular Hbond substituents is 1. The molecule has 0 aromatic heterocycles. The van der Waals surface area contributed by atoms with E-state index in [1.165, 1.54) is 5.56 Å². The molecule has 6 atom stereocenters. The van der Waals surface area contributed by atoms with Crippen LogP contribution in [-0.2, 0) is 16.6 Å². The highest BCUT2D eigenvalue weighted by Crippen LogP contribution is 2.66. The van der Waals surface area contributed by atoms with Crippen LogP contribution in [0.2, 0.25) is 0 Å². The van der Waals surface area contributed by atoms with Crippen molar-refractivity contribution in [1.82, 2.24) is 4.90 Å². The van der Waals surface area contributed by atoms with Crippen molar-refractivity contribution in [3.05, 3.63) is 35.4 Å². The van der Waals surface area contributed by atoms with Crippen LogP contribution in [0, 0.1) is 0 Å². The molecule has 3 heterocycles. The standard InChI is InChI=1S/C17H17NO4/c19-10-2-1-9-7-12-17-4-3-11(20)15-16(17,13(9)14(10)22-15)5-6-18(12)8-21-17/h1-4,11-12,15,19-20H,5-8H2/t11?,12-,15+,16+,17-/m1/s1. The number of hydrogen-bond donors (Lipinski definition) is 2. The van der Waals surface area contributed by atoms with Crippen molar-refractivity contribution in [2.24, 2.45) is 0 Å². The molecule has 5 aliphatic rings. The number of rotatable bonds is 0. The van der Waals surface area contributed by atoms with Crippen molar-refractivity contribution in [3.63, 3.8) is 0 Å². The zero-order chi connectivity index (χ0) is 14.7. The maximum absolute atomic E-state index is 10.5. The first kappa shape index (κ1) is 11.9. The molecule has 114 valence electrons. The van der Waals surface area contributed by atoms with Gasteiger partial charge in [0.15, 0.2) is 11.5 Å². The fourth-order valence-electron chi connectivity index (χ4n) is 5.76. The van der Waals surface area contributed by atoms with E-state index < -0.39 is 11.7 Å². The van der Waals surface area contributed by atoms with Crippen LogP contribution in [0.1, 0.15) is 17.5 Å². The maximum Gasteiger partial charge on any atom is 0.165 e. The number of hydrogen-bond acceptors (Lipinski definition) is 5.